The number of halogens is 1. The Morgan fingerprint density at radius 2 is 2.03 bits per heavy atom. The van der Waals surface area contributed by atoms with E-state index in [1.54, 1.807) is 30.3 Å². The third-order valence-electron chi connectivity index (χ3n) is 5.14. The molecule has 0 bridgehead atoms. The number of benzene rings is 2. The quantitative estimate of drug-likeness (QED) is 0.146. The number of aliphatic hydroxyl groups is 1. The van der Waals surface area contributed by atoms with Gasteiger partial charge in [0.2, 0.25) is 0 Å². The molecular formula is C24H16ClN5O3S. The van der Waals surface area contributed by atoms with Crippen molar-refractivity contribution in [1.82, 2.24) is 19.5 Å². The third-order valence-corrected chi connectivity index (χ3v) is 6.36. The van der Waals surface area contributed by atoms with Gasteiger partial charge in [-0.15, -0.1) is 0 Å². The highest BCUT2D eigenvalue weighted by Gasteiger charge is 2.17. The van der Waals surface area contributed by atoms with Crippen molar-refractivity contribution in [3.05, 3.63) is 93.6 Å². The molecule has 5 rings (SSSR count). The van der Waals surface area contributed by atoms with E-state index in [1.165, 1.54) is 10.8 Å². The van der Waals surface area contributed by atoms with E-state index in [9.17, 15) is 15.2 Å². The third kappa shape index (κ3) is 4.17. The zero-order valence-corrected chi connectivity index (χ0v) is 19.1. The van der Waals surface area contributed by atoms with Gasteiger partial charge in [-0.3, -0.25) is 9.36 Å². The van der Waals surface area contributed by atoms with Crippen molar-refractivity contribution < 1.29 is 9.52 Å². The van der Waals surface area contributed by atoms with E-state index >= 15 is 0 Å². The van der Waals surface area contributed by atoms with Crippen molar-refractivity contribution >= 4 is 50.9 Å². The van der Waals surface area contributed by atoms with Gasteiger partial charge in [-0.25, -0.2) is 9.97 Å². The van der Waals surface area contributed by atoms with Crippen LogP contribution in [0.5, 0.6) is 0 Å². The fourth-order valence-electron chi connectivity index (χ4n) is 3.51. The standard InChI is InChI=1S/C24H16ClN5O3S/c25-14-7-8-16-20(10-14)29-24(30(23(16)32)12-15-4-3-9-33-15)34-13-21(31)17(11-26)22-27-18-5-1-2-6-19(18)28-22/h1-10,31H,12-13H2,(H,27,28)/b21-17+. The first kappa shape index (κ1) is 21.8. The van der Waals surface area contributed by atoms with Crippen LogP contribution in [0.3, 0.4) is 0 Å². The summed E-state index contributed by atoms with van der Waals surface area (Å²) in [6, 6.07) is 17.7. The van der Waals surface area contributed by atoms with Gasteiger partial charge in [0.25, 0.3) is 5.56 Å². The second-order valence-corrected chi connectivity index (χ2v) is 8.73. The predicted molar refractivity (Wildman–Crippen MR) is 131 cm³/mol. The van der Waals surface area contributed by atoms with Crippen LogP contribution in [-0.4, -0.2) is 30.4 Å². The maximum Gasteiger partial charge on any atom is 0.262 e. The second kappa shape index (κ2) is 9.09. The van der Waals surface area contributed by atoms with Crippen LogP contribution in [-0.2, 0) is 6.54 Å². The minimum Gasteiger partial charge on any atom is -0.510 e. The number of rotatable bonds is 6. The smallest absolute Gasteiger partial charge is 0.262 e. The number of nitrogens with one attached hydrogen (secondary N) is 1. The van der Waals surface area contributed by atoms with Crippen LogP contribution in [0.25, 0.3) is 27.5 Å². The molecule has 0 fully saturated rings. The molecule has 0 aliphatic heterocycles. The van der Waals surface area contributed by atoms with E-state index in [0.29, 0.717) is 32.4 Å². The maximum atomic E-state index is 13.2. The van der Waals surface area contributed by atoms with Gasteiger partial charge in [0.05, 0.1) is 40.5 Å². The average Bonchev–Trinajstić information content (AvgIpc) is 3.50. The SMILES string of the molecule is N#C/C(=C(\O)CSc1nc2cc(Cl)ccc2c(=O)n1Cc1ccco1)c1nc2ccccc2[nH]1. The molecule has 0 spiro atoms. The molecule has 10 heteroatoms. The first-order chi connectivity index (χ1) is 16.5. The van der Waals surface area contributed by atoms with Crippen molar-refractivity contribution in [2.45, 2.75) is 11.7 Å². The number of nitriles is 1. The summed E-state index contributed by atoms with van der Waals surface area (Å²) >= 11 is 7.23. The minimum atomic E-state index is -0.262. The number of hydrogen-bond donors (Lipinski definition) is 2. The van der Waals surface area contributed by atoms with E-state index in [1.807, 2.05) is 30.3 Å². The Kier molecular flexibility index (Phi) is 5.84. The molecule has 3 heterocycles. The molecular weight excluding hydrogens is 474 g/mol. The lowest BCUT2D eigenvalue weighted by molar-refractivity contribution is 0.420. The number of H-pyrrole nitrogens is 1. The normalized spacial score (nSPS) is 12.1. The number of aromatic nitrogens is 4. The lowest BCUT2D eigenvalue weighted by Gasteiger charge is -2.12. The number of para-hydroxylation sites is 2. The Morgan fingerprint density at radius 3 is 2.79 bits per heavy atom. The Balaban J connectivity index is 1.53. The molecule has 5 aromatic rings. The summed E-state index contributed by atoms with van der Waals surface area (Å²) in [5.41, 5.74) is 1.64. The van der Waals surface area contributed by atoms with Gasteiger partial charge in [-0.2, -0.15) is 5.26 Å². The zero-order valence-electron chi connectivity index (χ0n) is 17.5. The number of fused-ring (bicyclic) bond motifs is 2. The summed E-state index contributed by atoms with van der Waals surface area (Å²) in [5, 5.41) is 21.6. The molecule has 0 atom stereocenters. The Hall–Kier alpha value is -4.00. The van der Waals surface area contributed by atoms with E-state index < -0.39 is 0 Å². The van der Waals surface area contributed by atoms with E-state index in [2.05, 4.69) is 15.0 Å². The number of nitrogens with zero attached hydrogens (tertiary/aromatic N) is 4. The van der Waals surface area contributed by atoms with Crippen molar-refractivity contribution in [2.75, 3.05) is 5.75 Å². The largest absolute Gasteiger partial charge is 0.510 e. The average molecular weight is 490 g/mol. The Bertz CT molecular complexity index is 1610. The van der Waals surface area contributed by atoms with Crippen LogP contribution in [0.15, 0.2) is 81.0 Å². The van der Waals surface area contributed by atoms with Gasteiger partial charge in [0, 0.05) is 5.02 Å². The molecule has 34 heavy (non-hydrogen) atoms. The molecule has 168 valence electrons. The maximum absolute atomic E-state index is 13.2. The van der Waals surface area contributed by atoms with E-state index in [-0.39, 0.29) is 35.0 Å². The van der Waals surface area contributed by atoms with Gasteiger partial charge < -0.3 is 14.5 Å². The second-order valence-electron chi connectivity index (χ2n) is 7.35. The molecule has 3 aromatic heterocycles. The predicted octanol–water partition coefficient (Wildman–Crippen LogP) is 5.15. The number of aliphatic hydroxyl groups excluding tert-OH is 1. The van der Waals surface area contributed by atoms with Gasteiger partial charge in [-0.1, -0.05) is 35.5 Å². The summed E-state index contributed by atoms with van der Waals surface area (Å²) in [6.07, 6.45) is 1.53. The van der Waals surface area contributed by atoms with Crippen LogP contribution in [0, 0.1) is 11.3 Å². The highest BCUT2D eigenvalue weighted by Crippen LogP contribution is 2.25. The summed E-state index contributed by atoms with van der Waals surface area (Å²) in [4.78, 5) is 25.3. The van der Waals surface area contributed by atoms with E-state index in [0.717, 1.165) is 17.3 Å². The van der Waals surface area contributed by atoms with Crippen LogP contribution in [0.2, 0.25) is 5.02 Å². The van der Waals surface area contributed by atoms with E-state index in [4.69, 9.17) is 16.0 Å². The highest BCUT2D eigenvalue weighted by atomic mass is 35.5. The Labute approximate surface area is 202 Å². The summed E-state index contributed by atoms with van der Waals surface area (Å²) in [6.45, 7) is 0.166. The number of thioether (sulfide) groups is 1. The van der Waals surface area contributed by atoms with Gasteiger partial charge >= 0.3 is 0 Å². The molecule has 2 aromatic carbocycles. The monoisotopic (exact) mass is 489 g/mol. The molecule has 0 radical (unpaired) electrons. The zero-order chi connectivity index (χ0) is 23.7. The fourth-order valence-corrected chi connectivity index (χ4v) is 4.55. The molecule has 0 aliphatic carbocycles. The van der Waals surface area contributed by atoms with Crippen molar-refractivity contribution in [3.8, 4) is 6.07 Å². The summed E-state index contributed by atoms with van der Waals surface area (Å²) in [5.74, 6) is 0.666. The molecule has 0 unspecified atom stereocenters. The fraction of sp³-hybridized carbons (Fsp3) is 0.0833. The molecule has 0 amide bonds. The number of imidazole rings is 1. The number of aromatic amines is 1. The number of furan rings is 1. The lowest BCUT2D eigenvalue weighted by Crippen LogP contribution is -2.24. The molecule has 2 N–H and O–H groups in total. The van der Waals surface area contributed by atoms with Crippen molar-refractivity contribution in [1.29, 1.82) is 5.26 Å². The lowest BCUT2D eigenvalue weighted by atomic mass is 10.2. The Morgan fingerprint density at radius 1 is 1.18 bits per heavy atom. The van der Waals surface area contributed by atoms with Gasteiger partial charge in [0.15, 0.2) is 11.0 Å². The first-order valence-electron chi connectivity index (χ1n) is 10.2. The number of hydrogen-bond acceptors (Lipinski definition) is 7. The topological polar surface area (TPSA) is 121 Å². The van der Waals surface area contributed by atoms with Gasteiger partial charge in [-0.05, 0) is 42.5 Å². The summed E-state index contributed by atoms with van der Waals surface area (Å²) in [7, 11) is 0. The van der Waals surface area contributed by atoms with Crippen LogP contribution < -0.4 is 5.56 Å². The van der Waals surface area contributed by atoms with Crippen LogP contribution in [0.1, 0.15) is 11.6 Å². The molecule has 0 saturated heterocycles. The van der Waals surface area contributed by atoms with Gasteiger partial charge in [0.1, 0.15) is 23.2 Å². The molecule has 0 aliphatic rings. The van der Waals surface area contributed by atoms with Crippen molar-refractivity contribution in [3.63, 3.8) is 0 Å². The number of allylic oxidation sites excluding steroid dienone is 1. The molecule has 0 saturated carbocycles. The highest BCUT2D eigenvalue weighted by molar-refractivity contribution is 7.99. The first-order valence-corrected chi connectivity index (χ1v) is 11.5. The van der Waals surface area contributed by atoms with Crippen molar-refractivity contribution in [2.24, 2.45) is 0 Å². The minimum absolute atomic E-state index is 0.00337. The van der Waals surface area contributed by atoms with Crippen LogP contribution >= 0.6 is 23.4 Å². The molecule has 8 nitrogen and oxygen atoms in total. The summed E-state index contributed by atoms with van der Waals surface area (Å²) < 4.78 is 6.89. The van der Waals surface area contributed by atoms with Crippen LogP contribution in [0.4, 0.5) is 0 Å².